The van der Waals surface area contributed by atoms with Gasteiger partial charge in [-0.1, -0.05) is 0 Å². The van der Waals surface area contributed by atoms with Crippen molar-refractivity contribution in [2.24, 2.45) is 7.05 Å². The van der Waals surface area contributed by atoms with E-state index in [1.165, 1.54) is 0 Å². The van der Waals surface area contributed by atoms with Crippen LogP contribution in [0.3, 0.4) is 0 Å². The van der Waals surface area contributed by atoms with Crippen molar-refractivity contribution in [1.82, 2.24) is 15.1 Å². The predicted octanol–water partition coefficient (Wildman–Crippen LogP) is -0.788. The molecule has 17 heavy (non-hydrogen) atoms. The third-order valence-electron chi connectivity index (χ3n) is 2.48. The maximum atomic E-state index is 11.8. The van der Waals surface area contributed by atoms with Crippen LogP contribution in [0.2, 0.25) is 0 Å². The van der Waals surface area contributed by atoms with Crippen molar-refractivity contribution in [2.75, 3.05) is 6.54 Å². The molecule has 0 radical (unpaired) electrons. The van der Waals surface area contributed by atoms with Crippen molar-refractivity contribution < 1.29 is 19.8 Å². The molecule has 0 unspecified atom stereocenters. The third-order valence-corrected chi connectivity index (χ3v) is 2.48. The van der Waals surface area contributed by atoms with E-state index in [0.29, 0.717) is 17.0 Å². The quantitative estimate of drug-likeness (QED) is 0.641. The Morgan fingerprint density at radius 1 is 1.47 bits per heavy atom. The van der Waals surface area contributed by atoms with Crippen molar-refractivity contribution in [1.29, 1.82) is 0 Å². The zero-order valence-electron chi connectivity index (χ0n) is 9.89. The van der Waals surface area contributed by atoms with Crippen LogP contribution in [0.5, 0.6) is 0 Å². The lowest BCUT2D eigenvalue weighted by Crippen LogP contribution is -2.36. The van der Waals surface area contributed by atoms with Gasteiger partial charge in [0.15, 0.2) is 6.10 Å². The number of aryl methyl sites for hydroxylation is 2. The second kappa shape index (κ2) is 4.96. The Labute approximate surface area is 98.1 Å². The molecule has 1 rings (SSSR count). The lowest BCUT2D eigenvalue weighted by molar-refractivity contribution is -0.146. The molecule has 0 aliphatic rings. The van der Waals surface area contributed by atoms with E-state index in [-0.39, 0.29) is 6.54 Å². The van der Waals surface area contributed by atoms with Crippen LogP contribution >= 0.6 is 0 Å². The number of aliphatic hydroxyl groups excluding tert-OH is 1. The molecule has 0 saturated carbocycles. The first-order valence-electron chi connectivity index (χ1n) is 5.03. The largest absolute Gasteiger partial charge is 0.479 e. The van der Waals surface area contributed by atoms with Gasteiger partial charge in [-0.2, -0.15) is 5.10 Å². The van der Waals surface area contributed by atoms with Crippen molar-refractivity contribution in [3.8, 4) is 0 Å². The molecule has 1 atom stereocenters. The van der Waals surface area contributed by atoms with Crippen molar-refractivity contribution in [3.05, 3.63) is 17.0 Å². The lowest BCUT2D eigenvalue weighted by atomic mass is 10.2. The summed E-state index contributed by atoms with van der Waals surface area (Å²) in [7, 11) is 1.71. The van der Waals surface area contributed by atoms with Crippen LogP contribution in [0, 0.1) is 13.8 Å². The standard InChI is InChI=1S/C10H15N3O4/c1-5-8(6(2)13(3)12-5)9(15)11-4-7(14)10(16)17/h7,14H,4H2,1-3H3,(H,11,15)(H,16,17)/t7-/m0/s1. The van der Waals surface area contributed by atoms with Crippen LogP contribution in [0.4, 0.5) is 0 Å². The monoisotopic (exact) mass is 241 g/mol. The van der Waals surface area contributed by atoms with E-state index in [9.17, 15) is 9.59 Å². The number of aliphatic hydroxyl groups is 1. The average molecular weight is 241 g/mol. The summed E-state index contributed by atoms with van der Waals surface area (Å²) < 4.78 is 1.57. The highest BCUT2D eigenvalue weighted by molar-refractivity contribution is 5.96. The Morgan fingerprint density at radius 2 is 2.06 bits per heavy atom. The van der Waals surface area contributed by atoms with E-state index in [4.69, 9.17) is 10.2 Å². The van der Waals surface area contributed by atoms with E-state index in [1.54, 1.807) is 25.6 Å². The van der Waals surface area contributed by atoms with Crippen LogP contribution in [0.15, 0.2) is 0 Å². The number of carbonyl (C=O) groups excluding carboxylic acids is 1. The van der Waals surface area contributed by atoms with Crippen molar-refractivity contribution in [2.45, 2.75) is 20.0 Å². The Hall–Kier alpha value is -1.89. The first kappa shape index (κ1) is 13.2. The summed E-state index contributed by atoms with van der Waals surface area (Å²) in [5.74, 6) is -1.81. The van der Waals surface area contributed by atoms with Gasteiger partial charge in [0, 0.05) is 12.7 Å². The van der Waals surface area contributed by atoms with E-state index in [2.05, 4.69) is 10.4 Å². The summed E-state index contributed by atoms with van der Waals surface area (Å²) in [5.41, 5.74) is 1.65. The van der Waals surface area contributed by atoms with Gasteiger partial charge in [-0.05, 0) is 13.8 Å². The highest BCUT2D eigenvalue weighted by Crippen LogP contribution is 2.11. The Bertz CT molecular complexity index is 453. The van der Waals surface area contributed by atoms with E-state index >= 15 is 0 Å². The molecule has 0 aliphatic heterocycles. The molecule has 0 aromatic carbocycles. The molecule has 0 saturated heterocycles. The van der Waals surface area contributed by atoms with Gasteiger partial charge >= 0.3 is 5.97 Å². The predicted molar refractivity (Wildman–Crippen MR) is 58.7 cm³/mol. The van der Waals surface area contributed by atoms with E-state index in [1.807, 2.05) is 0 Å². The van der Waals surface area contributed by atoms with Crippen LogP contribution in [-0.4, -0.2) is 44.5 Å². The zero-order valence-corrected chi connectivity index (χ0v) is 9.89. The molecule has 7 nitrogen and oxygen atoms in total. The third kappa shape index (κ3) is 2.82. The summed E-state index contributed by atoms with van der Waals surface area (Å²) in [5, 5.41) is 23.9. The van der Waals surface area contributed by atoms with Gasteiger partial charge in [0.25, 0.3) is 5.91 Å². The minimum absolute atomic E-state index is 0.331. The van der Waals surface area contributed by atoms with Crippen LogP contribution in [-0.2, 0) is 11.8 Å². The Morgan fingerprint density at radius 3 is 2.47 bits per heavy atom. The SMILES string of the molecule is Cc1nn(C)c(C)c1C(=O)NC[C@H](O)C(=O)O. The number of carboxylic acid groups (broad SMARTS) is 1. The average Bonchev–Trinajstić information content (AvgIpc) is 2.49. The number of aromatic nitrogens is 2. The fraction of sp³-hybridized carbons (Fsp3) is 0.500. The first-order valence-corrected chi connectivity index (χ1v) is 5.03. The van der Waals surface area contributed by atoms with Gasteiger partial charge in [-0.25, -0.2) is 4.79 Å². The highest BCUT2D eigenvalue weighted by atomic mass is 16.4. The van der Waals surface area contributed by atoms with Crippen LogP contribution in [0.1, 0.15) is 21.7 Å². The summed E-state index contributed by atoms with van der Waals surface area (Å²) in [6, 6.07) is 0. The zero-order chi connectivity index (χ0) is 13.2. The fourth-order valence-electron chi connectivity index (χ4n) is 1.47. The normalized spacial score (nSPS) is 12.2. The number of carbonyl (C=O) groups is 2. The number of nitrogens with zero attached hydrogens (tertiary/aromatic N) is 2. The summed E-state index contributed by atoms with van der Waals surface area (Å²) in [4.78, 5) is 22.1. The van der Waals surface area contributed by atoms with Gasteiger partial charge < -0.3 is 15.5 Å². The van der Waals surface area contributed by atoms with E-state index < -0.39 is 18.0 Å². The summed E-state index contributed by atoms with van der Waals surface area (Å²) >= 11 is 0. The number of hydrogen-bond donors (Lipinski definition) is 3. The number of rotatable bonds is 4. The number of aliphatic carboxylic acids is 1. The second-order valence-electron chi connectivity index (χ2n) is 3.73. The van der Waals surface area contributed by atoms with Gasteiger partial charge in [-0.3, -0.25) is 9.48 Å². The van der Waals surface area contributed by atoms with Crippen LogP contribution in [0.25, 0.3) is 0 Å². The molecule has 94 valence electrons. The summed E-state index contributed by atoms with van der Waals surface area (Å²) in [6.45, 7) is 3.10. The maximum Gasteiger partial charge on any atom is 0.334 e. The molecule has 0 bridgehead atoms. The van der Waals surface area contributed by atoms with Gasteiger partial charge in [-0.15, -0.1) is 0 Å². The Balaban J connectivity index is 2.74. The molecule has 1 heterocycles. The highest BCUT2D eigenvalue weighted by Gasteiger charge is 2.19. The molecule has 3 N–H and O–H groups in total. The van der Waals surface area contributed by atoms with Crippen LogP contribution < -0.4 is 5.32 Å². The number of carboxylic acids is 1. The molecule has 0 aliphatic carbocycles. The maximum absolute atomic E-state index is 11.8. The van der Waals surface area contributed by atoms with Gasteiger partial charge in [0.1, 0.15) is 0 Å². The Kier molecular flexibility index (Phi) is 3.84. The molecular weight excluding hydrogens is 226 g/mol. The smallest absolute Gasteiger partial charge is 0.334 e. The van der Waals surface area contributed by atoms with Gasteiger partial charge in [0.05, 0.1) is 17.8 Å². The minimum atomic E-state index is -1.60. The fourth-order valence-corrected chi connectivity index (χ4v) is 1.47. The summed E-state index contributed by atoms with van der Waals surface area (Å²) in [6.07, 6.45) is -1.60. The molecular formula is C10H15N3O4. The molecule has 0 spiro atoms. The molecule has 1 aromatic rings. The van der Waals surface area contributed by atoms with E-state index in [0.717, 1.165) is 0 Å². The molecule has 0 fully saturated rings. The van der Waals surface area contributed by atoms with Crippen molar-refractivity contribution >= 4 is 11.9 Å². The topological polar surface area (TPSA) is 104 Å². The number of hydrogen-bond acceptors (Lipinski definition) is 4. The number of amides is 1. The minimum Gasteiger partial charge on any atom is -0.479 e. The molecule has 1 aromatic heterocycles. The number of nitrogens with one attached hydrogen (secondary N) is 1. The second-order valence-corrected chi connectivity index (χ2v) is 3.73. The molecule has 7 heteroatoms. The first-order chi connectivity index (χ1) is 7.84. The lowest BCUT2D eigenvalue weighted by Gasteiger charge is -2.07. The van der Waals surface area contributed by atoms with Gasteiger partial charge in [0.2, 0.25) is 0 Å². The van der Waals surface area contributed by atoms with Crippen molar-refractivity contribution in [3.63, 3.8) is 0 Å². The molecule has 1 amide bonds.